The summed E-state index contributed by atoms with van der Waals surface area (Å²) in [5, 5.41) is 8.81. The van der Waals surface area contributed by atoms with E-state index in [2.05, 4.69) is 26.0 Å². The van der Waals surface area contributed by atoms with Crippen LogP contribution in [-0.2, 0) is 16.8 Å². The fourth-order valence-electron chi connectivity index (χ4n) is 2.27. The first-order valence-corrected chi connectivity index (χ1v) is 8.41. The van der Waals surface area contributed by atoms with Crippen molar-refractivity contribution in [2.75, 3.05) is 10.9 Å². The number of halogens is 2. The summed E-state index contributed by atoms with van der Waals surface area (Å²) in [5.41, 5.74) is 11.2. The van der Waals surface area contributed by atoms with Crippen LogP contribution in [0.25, 0.3) is 0 Å². The Morgan fingerprint density at radius 1 is 0.621 bits per heavy atom. The Bertz CT molecular complexity index is 846. The summed E-state index contributed by atoms with van der Waals surface area (Å²) in [6, 6.07) is 25.5. The Morgan fingerprint density at radius 3 is 1.38 bits per heavy atom. The van der Waals surface area contributed by atoms with Crippen molar-refractivity contribution in [2.24, 2.45) is 10.2 Å². The van der Waals surface area contributed by atoms with Crippen molar-refractivity contribution in [1.82, 2.24) is 4.98 Å². The van der Waals surface area contributed by atoms with E-state index in [1.807, 2.05) is 92.7 Å². The van der Waals surface area contributed by atoms with Crippen molar-refractivity contribution >= 4 is 22.8 Å². The molecule has 2 aromatic carbocycles. The molecule has 153 valence electrons. The molecule has 3 rings (SSSR count). The molecular formula is C21H21Cl2CoN5. The van der Waals surface area contributed by atoms with Gasteiger partial charge in [0.2, 0.25) is 0 Å². The molecule has 5 nitrogen and oxygen atoms in total. The van der Waals surface area contributed by atoms with Crippen LogP contribution in [0.15, 0.2) is 89.1 Å². The van der Waals surface area contributed by atoms with E-state index in [4.69, 9.17) is 0 Å². The number of hydrogen-bond acceptors (Lipinski definition) is 5. The van der Waals surface area contributed by atoms with Gasteiger partial charge in [-0.3, -0.25) is 10.9 Å². The average molecular weight is 473 g/mol. The SMILES string of the molecule is CC(=NNc1ccccc1)c1cccc(C(C)=NNc2ccccc2)n1.[Cl-].[Cl-].[Co+2]. The van der Waals surface area contributed by atoms with Crippen LogP contribution in [0.3, 0.4) is 0 Å². The predicted octanol–water partition coefficient (Wildman–Crippen LogP) is -1.24. The van der Waals surface area contributed by atoms with Crippen LogP contribution in [0.1, 0.15) is 25.2 Å². The molecule has 1 heterocycles. The molecule has 1 radical (unpaired) electrons. The number of hydrogen-bond donors (Lipinski definition) is 2. The zero-order valence-electron chi connectivity index (χ0n) is 15.9. The van der Waals surface area contributed by atoms with Gasteiger partial charge in [0.1, 0.15) is 0 Å². The van der Waals surface area contributed by atoms with Gasteiger partial charge < -0.3 is 24.8 Å². The summed E-state index contributed by atoms with van der Waals surface area (Å²) in [6.45, 7) is 3.85. The molecule has 29 heavy (non-hydrogen) atoms. The maximum atomic E-state index is 4.66. The number of para-hydroxylation sites is 2. The van der Waals surface area contributed by atoms with Crippen LogP contribution >= 0.6 is 0 Å². The third-order valence-corrected chi connectivity index (χ3v) is 3.74. The van der Waals surface area contributed by atoms with Crippen LogP contribution in [0, 0.1) is 0 Å². The topological polar surface area (TPSA) is 61.7 Å². The van der Waals surface area contributed by atoms with E-state index in [9.17, 15) is 0 Å². The largest absolute Gasteiger partial charge is 2.00 e. The van der Waals surface area contributed by atoms with Crippen molar-refractivity contribution in [1.29, 1.82) is 0 Å². The van der Waals surface area contributed by atoms with Crippen molar-refractivity contribution < 1.29 is 41.6 Å². The molecule has 0 aliphatic heterocycles. The Labute approximate surface area is 194 Å². The molecule has 1 aromatic heterocycles. The first-order chi connectivity index (χ1) is 12.7. The van der Waals surface area contributed by atoms with E-state index < -0.39 is 0 Å². The molecule has 0 fully saturated rings. The van der Waals surface area contributed by atoms with Gasteiger partial charge in [-0.05, 0) is 50.2 Å². The van der Waals surface area contributed by atoms with Gasteiger partial charge in [-0.1, -0.05) is 42.5 Å². The molecule has 0 bridgehead atoms. The van der Waals surface area contributed by atoms with Crippen molar-refractivity contribution in [3.05, 3.63) is 90.3 Å². The third-order valence-electron chi connectivity index (χ3n) is 3.74. The summed E-state index contributed by atoms with van der Waals surface area (Å²) >= 11 is 0. The summed E-state index contributed by atoms with van der Waals surface area (Å²) in [5.74, 6) is 0. The smallest absolute Gasteiger partial charge is 1.00 e. The zero-order chi connectivity index (χ0) is 18.2. The van der Waals surface area contributed by atoms with Crippen LogP contribution in [0.2, 0.25) is 0 Å². The maximum Gasteiger partial charge on any atom is 2.00 e. The van der Waals surface area contributed by atoms with Gasteiger partial charge >= 0.3 is 16.8 Å². The fourth-order valence-corrected chi connectivity index (χ4v) is 2.27. The van der Waals surface area contributed by atoms with Crippen LogP contribution < -0.4 is 35.7 Å². The Morgan fingerprint density at radius 2 is 1.00 bits per heavy atom. The molecule has 0 spiro atoms. The monoisotopic (exact) mass is 472 g/mol. The molecule has 0 saturated carbocycles. The van der Waals surface area contributed by atoms with E-state index in [0.29, 0.717) is 0 Å². The first kappa shape index (κ1) is 26.6. The number of nitrogens with zero attached hydrogens (tertiary/aromatic N) is 3. The maximum absolute atomic E-state index is 4.66. The summed E-state index contributed by atoms with van der Waals surface area (Å²) in [4.78, 5) is 4.66. The van der Waals surface area contributed by atoms with Gasteiger partial charge in [0.15, 0.2) is 0 Å². The van der Waals surface area contributed by atoms with E-state index in [1.54, 1.807) is 0 Å². The number of aromatic nitrogens is 1. The minimum Gasteiger partial charge on any atom is -1.00 e. The second kappa shape index (κ2) is 13.7. The summed E-state index contributed by atoms with van der Waals surface area (Å²) < 4.78 is 0. The number of pyridine rings is 1. The van der Waals surface area contributed by atoms with E-state index in [-0.39, 0.29) is 41.6 Å². The number of hydrazone groups is 2. The second-order valence-electron chi connectivity index (χ2n) is 5.76. The van der Waals surface area contributed by atoms with Crippen molar-refractivity contribution in [3.63, 3.8) is 0 Å². The molecule has 0 amide bonds. The number of anilines is 2. The normalized spacial score (nSPS) is 10.7. The molecule has 8 heteroatoms. The number of rotatable bonds is 6. The molecular weight excluding hydrogens is 452 g/mol. The molecule has 0 aliphatic carbocycles. The minimum absolute atomic E-state index is 0. The van der Waals surface area contributed by atoms with Crippen LogP contribution in [0.5, 0.6) is 0 Å². The standard InChI is InChI=1S/C21H21N5.2ClH.Co/c1-16(23-25-18-10-5-3-6-11-18)20-14-9-15-21(22-20)17(2)24-26-19-12-7-4-8-13-19;;;/h3-15,25-26H,1-2H3;2*1H;/q;;;+2/p-2. The van der Waals surface area contributed by atoms with Crippen molar-refractivity contribution in [2.45, 2.75) is 13.8 Å². The molecule has 2 N–H and O–H groups in total. The third kappa shape index (κ3) is 8.25. The van der Waals surface area contributed by atoms with Crippen LogP contribution in [0.4, 0.5) is 11.4 Å². The Kier molecular flexibility index (Phi) is 12.6. The van der Waals surface area contributed by atoms with Gasteiger partial charge in [-0.25, -0.2) is 4.98 Å². The average Bonchev–Trinajstić information content (AvgIpc) is 2.72. The van der Waals surface area contributed by atoms with Gasteiger partial charge in [0, 0.05) is 0 Å². The van der Waals surface area contributed by atoms with Gasteiger partial charge in [0.05, 0.1) is 34.2 Å². The van der Waals surface area contributed by atoms with Gasteiger partial charge in [0.25, 0.3) is 0 Å². The predicted molar refractivity (Wildman–Crippen MR) is 109 cm³/mol. The second-order valence-corrected chi connectivity index (χ2v) is 5.76. The van der Waals surface area contributed by atoms with Gasteiger partial charge in [-0.15, -0.1) is 0 Å². The molecule has 0 saturated heterocycles. The fraction of sp³-hybridized carbons (Fsp3) is 0.0952. The first-order valence-electron chi connectivity index (χ1n) is 8.41. The Balaban J connectivity index is 0.00000261. The molecule has 0 unspecified atom stereocenters. The minimum atomic E-state index is 0. The summed E-state index contributed by atoms with van der Waals surface area (Å²) in [6.07, 6.45) is 0. The summed E-state index contributed by atoms with van der Waals surface area (Å²) in [7, 11) is 0. The molecule has 0 aliphatic rings. The van der Waals surface area contributed by atoms with E-state index >= 15 is 0 Å². The van der Waals surface area contributed by atoms with E-state index in [1.165, 1.54) is 0 Å². The van der Waals surface area contributed by atoms with Gasteiger partial charge in [-0.2, -0.15) is 10.2 Å². The van der Waals surface area contributed by atoms with E-state index in [0.717, 1.165) is 34.2 Å². The van der Waals surface area contributed by atoms with Crippen LogP contribution in [-0.4, -0.2) is 16.4 Å². The number of nitrogens with one attached hydrogen (secondary N) is 2. The molecule has 0 atom stereocenters. The quantitative estimate of drug-likeness (QED) is 0.348. The van der Waals surface area contributed by atoms with Crippen molar-refractivity contribution in [3.8, 4) is 0 Å². The molecule has 3 aromatic rings. The number of benzene rings is 2. The Hall–Kier alpha value is -2.38. The zero-order valence-corrected chi connectivity index (χ0v) is 18.5.